The van der Waals surface area contributed by atoms with Gasteiger partial charge in [-0.2, -0.15) is 0 Å². The van der Waals surface area contributed by atoms with Gasteiger partial charge >= 0.3 is 11.2 Å². The topological polar surface area (TPSA) is 130 Å². The molecule has 1 amide bonds. The number of fused-ring (bicyclic) bond motifs is 2. The molecule has 0 aromatic rings. The van der Waals surface area contributed by atoms with E-state index in [0.717, 1.165) is 24.8 Å². The number of nitrogens with zero attached hydrogens (tertiary/aromatic N) is 1. The summed E-state index contributed by atoms with van der Waals surface area (Å²) >= 11 is 0. The van der Waals surface area contributed by atoms with E-state index >= 15 is 0 Å². The summed E-state index contributed by atoms with van der Waals surface area (Å²) < 4.78 is 35.1. The van der Waals surface area contributed by atoms with E-state index in [9.17, 15) is 28.3 Å². The fraction of sp³-hybridized carbons (Fsp3) is 0.700. The van der Waals surface area contributed by atoms with E-state index in [1.807, 2.05) is 6.92 Å². The summed E-state index contributed by atoms with van der Waals surface area (Å²) in [5.74, 6) is -3.22. The van der Waals surface area contributed by atoms with Crippen LogP contribution in [-0.4, -0.2) is 64.8 Å². The van der Waals surface area contributed by atoms with Gasteiger partial charge in [0.25, 0.3) is 0 Å². The Bertz CT molecular complexity index is 851. The number of rotatable bonds is 1. The minimum atomic E-state index is -4.24. The second-order valence-corrected chi connectivity index (χ2v) is 10.4. The average molecular weight is 444 g/mol. The standard InChI is InChI=1S/C20H29NO8S/c1-13-5-3-4-6-14(2)9-18(22)28-16-10-15(8-7-13)29-20(24,11-16)17-12-30(26,27)19(23)21(17)25/h3,5,9,13,15-17,24-25H,4,6-8,10-12H2,1-2H3. The molecule has 0 aromatic carbocycles. The third-order valence-electron chi connectivity index (χ3n) is 5.82. The molecule has 3 heterocycles. The average Bonchev–Trinajstić information content (AvgIpc) is 2.86. The number of aliphatic hydroxyl groups is 1. The maximum Gasteiger partial charge on any atom is 0.362 e. The Kier molecular flexibility index (Phi) is 6.71. The van der Waals surface area contributed by atoms with Gasteiger partial charge < -0.3 is 14.6 Å². The van der Waals surface area contributed by atoms with Crippen molar-refractivity contribution < 1.29 is 37.8 Å². The molecule has 10 heteroatoms. The zero-order chi connectivity index (χ0) is 22.1. The van der Waals surface area contributed by atoms with Crippen molar-refractivity contribution in [3.05, 3.63) is 23.8 Å². The van der Waals surface area contributed by atoms with Crippen LogP contribution in [0.15, 0.2) is 23.8 Å². The van der Waals surface area contributed by atoms with Crippen LogP contribution in [0.3, 0.4) is 0 Å². The monoisotopic (exact) mass is 443 g/mol. The Balaban J connectivity index is 1.87. The molecule has 2 saturated heterocycles. The Morgan fingerprint density at radius 2 is 1.97 bits per heavy atom. The Hall–Kier alpha value is -1.75. The van der Waals surface area contributed by atoms with Crippen molar-refractivity contribution >= 4 is 21.0 Å². The predicted molar refractivity (Wildman–Crippen MR) is 106 cm³/mol. The van der Waals surface area contributed by atoms with E-state index in [4.69, 9.17) is 9.47 Å². The normalized spacial score (nSPS) is 38.0. The molecule has 0 aliphatic carbocycles. The summed E-state index contributed by atoms with van der Waals surface area (Å²) in [7, 11) is -4.24. The zero-order valence-electron chi connectivity index (χ0n) is 17.2. The van der Waals surface area contributed by atoms with Gasteiger partial charge in [0, 0.05) is 18.9 Å². The molecule has 2 bridgehead atoms. The van der Waals surface area contributed by atoms with Crippen molar-refractivity contribution in [3.8, 4) is 0 Å². The molecular formula is C20H29NO8S. The Morgan fingerprint density at radius 3 is 2.63 bits per heavy atom. The fourth-order valence-corrected chi connectivity index (χ4v) is 5.54. The van der Waals surface area contributed by atoms with Crippen LogP contribution in [-0.2, 0) is 24.1 Å². The number of hydroxylamine groups is 2. The summed E-state index contributed by atoms with van der Waals surface area (Å²) in [5, 5.41) is 19.7. The predicted octanol–water partition coefficient (Wildman–Crippen LogP) is 2.09. The fourth-order valence-electron chi connectivity index (χ4n) is 4.17. The van der Waals surface area contributed by atoms with Gasteiger partial charge in [-0.15, -0.1) is 0 Å². The van der Waals surface area contributed by atoms with Gasteiger partial charge in [0.2, 0.25) is 9.84 Å². The molecule has 0 radical (unpaired) electrons. The highest BCUT2D eigenvalue weighted by Gasteiger charge is 2.57. The van der Waals surface area contributed by atoms with Crippen LogP contribution in [0.5, 0.6) is 0 Å². The molecule has 0 spiro atoms. The second kappa shape index (κ2) is 8.78. The first-order valence-electron chi connectivity index (χ1n) is 10.2. The third-order valence-corrected chi connectivity index (χ3v) is 7.30. The number of carbonyl (C=O) groups excluding carboxylic acids is 2. The summed E-state index contributed by atoms with van der Waals surface area (Å²) in [4.78, 5) is 24.1. The molecule has 0 aromatic heterocycles. The molecule has 9 nitrogen and oxygen atoms in total. The highest BCUT2D eigenvalue weighted by Crippen LogP contribution is 2.38. The van der Waals surface area contributed by atoms with Crippen LogP contribution in [0.1, 0.15) is 52.4 Å². The van der Waals surface area contributed by atoms with Gasteiger partial charge in [0.1, 0.15) is 12.1 Å². The van der Waals surface area contributed by atoms with Gasteiger partial charge in [0.05, 0.1) is 11.9 Å². The molecular weight excluding hydrogens is 414 g/mol. The number of sulfone groups is 1. The van der Waals surface area contributed by atoms with Crippen LogP contribution < -0.4 is 0 Å². The molecule has 30 heavy (non-hydrogen) atoms. The number of hydrogen-bond donors (Lipinski definition) is 2. The summed E-state index contributed by atoms with van der Waals surface area (Å²) in [6.07, 6.45) is 7.21. The molecule has 2 fully saturated rings. The number of esters is 1. The number of carbonyl (C=O) groups is 2. The quantitative estimate of drug-likeness (QED) is 0.358. The van der Waals surface area contributed by atoms with Gasteiger partial charge in [-0.05, 0) is 38.5 Å². The lowest BCUT2D eigenvalue weighted by molar-refractivity contribution is -0.311. The zero-order valence-corrected chi connectivity index (χ0v) is 18.0. The van der Waals surface area contributed by atoms with Gasteiger partial charge in [-0.1, -0.05) is 24.6 Å². The van der Waals surface area contributed by atoms with Crippen LogP contribution in [0.25, 0.3) is 0 Å². The van der Waals surface area contributed by atoms with Crippen LogP contribution >= 0.6 is 0 Å². The molecule has 0 saturated carbocycles. The van der Waals surface area contributed by atoms with E-state index in [1.54, 1.807) is 0 Å². The van der Waals surface area contributed by atoms with Gasteiger partial charge in [-0.3, -0.25) is 10.0 Å². The van der Waals surface area contributed by atoms with E-state index in [2.05, 4.69) is 19.1 Å². The molecule has 5 unspecified atom stereocenters. The smallest absolute Gasteiger partial charge is 0.362 e. The number of allylic oxidation sites excluding steroid dienone is 3. The molecule has 5 atom stereocenters. The first-order valence-corrected chi connectivity index (χ1v) is 11.8. The lowest BCUT2D eigenvalue weighted by atomic mass is 9.90. The lowest BCUT2D eigenvalue weighted by Gasteiger charge is -2.44. The number of hydrogen-bond acceptors (Lipinski definition) is 8. The van der Waals surface area contributed by atoms with Crippen molar-refractivity contribution in [1.29, 1.82) is 0 Å². The van der Waals surface area contributed by atoms with Crippen molar-refractivity contribution in [3.63, 3.8) is 0 Å². The largest absolute Gasteiger partial charge is 0.459 e. The first kappa shape index (κ1) is 22.9. The highest BCUT2D eigenvalue weighted by atomic mass is 32.2. The second-order valence-electron chi connectivity index (χ2n) is 8.50. The first-order chi connectivity index (χ1) is 14.0. The maximum absolute atomic E-state index is 12.3. The van der Waals surface area contributed by atoms with Gasteiger partial charge in [-0.25, -0.2) is 18.3 Å². The highest BCUT2D eigenvalue weighted by molar-refractivity contribution is 8.06. The van der Waals surface area contributed by atoms with Crippen LogP contribution in [0.2, 0.25) is 0 Å². The van der Waals surface area contributed by atoms with Crippen molar-refractivity contribution in [2.24, 2.45) is 5.92 Å². The van der Waals surface area contributed by atoms with Crippen molar-refractivity contribution in [2.45, 2.75) is 76.4 Å². The summed E-state index contributed by atoms with van der Waals surface area (Å²) in [6, 6.07) is -1.49. The van der Waals surface area contributed by atoms with E-state index in [1.165, 1.54) is 6.08 Å². The molecule has 3 aliphatic rings. The third kappa shape index (κ3) is 5.11. The molecule has 168 valence electrons. The van der Waals surface area contributed by atoms with Crippen LogP contribution in [0, 0.1) is 5.92 Å². The summed E-state index contributed by atoms with van der Waals surface area (Å²) in [5.41, 5.74) is 0.863. The molecule has 3 rings (SSSR count). The van der Waals surface area contributed by atoms with Crippen LogP contribution in [0.4, 0.5) is 4.79 Å². The van der Waals surface area contributed by atoms with E-state index in [-0.39, 0.29) is 17.4 Å². The SMILES string of the molecule is CC1=CC(=O)OC2CC(CCC(C)C=CCC1)OC(O)(C1CS(=O)(=O)C(=O)N1O)C2. The lowest BCUT2D eigenvalue weighted by Crippen LogP contribution is -2.59. The van der Waals surface area contributed by atoms with E-state index in [0.29, 0.717) is 12.8 Å². The summed E-state index contributed by atoms with van der Waals surface area (Å²) in [6.45, 7) is 3.90. The minimum absolute atomic E-state index is 0.0182. The van der Waals surface area contributed by atoms with E-state index < -0.39 is 50.8 Å². The number of amides is 1. The Morgan fingerprint density at radius 1 is 1.23 bits per heavy atom. The minimum Gasteiger partial charge on any atom is -0.459 e. The molecule has 2 N–H and O–H groups in total. The number of ether oxygens (including phenoxy) is 2. The maximum atomic E-state index is 12.3. The van der Waals surface area contributed by atoms with Gasteiger partial charge in [0.15, 0.2) is 5.79 Å². The van der Waals surface area contributed by atoms with Crippen molar-refractivity contribution in [2.75, 3.05) is 5.75 Å². The Labute approximate surface area is 176 Å². The van der Waals surface area contributed by atoms with Crippen molar-refractivity contribution in [1.82, 2.24) is 5.06 Å². The molecule has 3 aliphatic heterocycles.